The predicted molar refractivity (Wildman–Crippen MR) is 94.1 cm³/mol. The average Bonchev–Trinajstić information content (AvgIpc) is 2.51. The van der Waals surface area contributed by atoms with E-state index < -0.39 is 17.6 Å². The van der Waals surface area contributed by atoms with Crippen LogP contribution in [-0.4, -0.2) is 33.5 Å². The summed E-state index contributed by atoms with van der Waals surface area (Å²) >= 11 is 0. The largest absolute Gasteiger partial charge is 0.453 e. The normalized spacial score (nSPS) is 12.6. The number of rotatable bonds is 5. The van der Waals surface area contributed by atoms with E-state index in [1.807, 2.05) is 20.8 Å². The molecule has 25 heavy (non-hydrogen) atoms. The minimum Gasteiger partial charge on any atom is -0.453 e. The van der Waals surface area contributed by atoms with Crippen LogP contribution in [0.15, 0.2) is 29.1 Å². The van der Waals surface area contributed by atoms with Gasteiger partial charge in [-0.05, 0) is 39.8 Å². The number of ether oxygens (including phenoxy) is 1. The maximum atomic E-state index is 12.0. The lowest BCUT2D eigenvalue weighted by Gasteiger charge is -2.23. The Labute approximate surface area is 145 Å². The first-order valence-corrected chi connectivity index (χ1v) is 8.15. The van der Waals surface area contributed by atoms with Gasteiger partial charge in [-0.25, -0.2) is 4.98 Å². The van der Waals surface area contributed by atoms with Gasteiger partial charge >= 0.3 is 5.97 Å². The zero-order valence-electron chi connectivity index (χ0n) is 14.9. The molecular formula is C18H23N3O4. The molecule has 0 unspecified atom stereocenters. The number of aromatic nitrogens is 2. The Morgan fingerprint density at radius 3 is 2.64 bits per heavy atom. The third kappa shape index (κ3) is 5.41. The summed E-state index contributed by atoms with van der Waals surface area (Å²) in [5.41, 5.74) is -0.0638. The van der Waals surface area contributed by atoms with Crippen LogP contribution in [0.2, 0.25) is 0 Å². The van der Waals surface area contributed by atoms with Crippen molar-refractivity contribution in [3.05, 3.63) is 40.4 Å². The first kappa shape index (κ1) is 18.6. The van der Waals surface area contributed by atoms with Crippen molar-refractivity contribution in [2.24, 2.45) is 0 Å². The summed E-state index contributed by atoms with van der Waals surface area (Å²) < 4.78 is 5.13. The third-order valence-electron chi connectivity index (χ3n) is 3.40. The summed E-state index contributed by atoms with van der Waals surface area (Å²) in [6.07, 6.45) is -0.628. The molecule has 134 valence electrons. The van der Waals surface area contributed by atoms with Crippen molar-refractivity contribution in [3.63, 3.8) is 0 Å². The standard InChI is InChI=1S/C18H23N3O4/c1-11(16(23)21-18(2,3)4)25-15(22)10-9-14-19-13-8-6-5-7-12(13)17(24)20-14/h5-8,11H,9-10H2,1-4H3,(H,21,23)(H,19,20,24)/t11-/m0/s1. The van der Waals surface area contributed by atoms with E-state index in [0.717, 1.165) is 0 Å². The highest BCUT2D eigenvalue weighted by molar-refractivity contribution is 5.84. The number of para-hydroxylation sites is 1. The summed E-state index contributed by atoms with van der Waals surface area (Å²) in [6, 6.07) is 6.99. The fourth-order valence-electron chi connectivity index (χ4n) is 2.25. The molecule has 0 aliphatic rings. The van der Waals surface area contributed by atoms with Crippen LogP contribution in [-0.2, 0) is 20.7 Å². The highest BCUT2D eigenvalue weighted by Gasteiger charge is 2.22. The predicted octanol–water partition coefficient (Wildman–Crippen LogP) is 1.70. The van der Waals surface area contributed by atoms with Gasteiger partial charge in [0.2, 0.25) is 0 Å². The second-order valence-corrected chi connectivity index (χ2v) is 6.90. The maximum absolute atomic E-state index is 12.0. The van der Waals surface area contributed by atoms with Crippen LogP contribution in [0.1, 0.15) is 39.9 Å². The molecule has 0 saturated carbocycles. The molecule has 0 aliphatic carbocycles. The van der Waals surface area contributed by atoms with Gasteiger partial charge in [-0.3, -0.25) is 14.4 Å². The second-order valence-electron chi connectivity index (χ2n) is 6.90. The molecule has 7 nitrogen and oxygen atoms in total. The van der Waals surface area contributed by atoms with Crippen LogP contribution < -0.4 is 10.9 Å². The quantitative estimate of drug-likeness (QED) is 0.803. The van der Waals surface area contributed by atoms with Gasteiger partial charge < -0.3 is 15.0 Å². The number of aromatic amines is 1. The molecule has 1 aromatic carbocycles. The molecule has 0 saturated heterocycles. The number of fused-ring (bicyclic) bond motifs is 1. The number of carbonyl (C=O) groups is 2. The van der Waals surface area contributed by atoms with E-state index in [1.54, 1.807) is 24.3 Å². The van der Waals surface area contributed by atoms with Crippen LogP contribution in [0.5, 0.6) is 0 Å². The smallest absolute Gasteiger partial charge is 0.307 e. The van der Waals surface area contributed by atoms with Gasteiger partial charge in [-0.15, -0.1) is 0 Å². The van der Waals surface area contributed by atoms with Crippen molar-refractivity contribution >= 4 is 22.8 Å². The number of hydrogen-bond acceptors (Lipinski definition) is 5. The van der Waals surface area contributed by atoms with E-state index in [4.69, 9.17) is 4.74 Å². The van der Waals surface area contributed by atoms with Gasteiger partial charge in [0.25, 0.3) is 11.5 Å². The number of hydrogen-bond donors (Lipinski definition) is 2. The monoisotopic (exact) mass is 345 g/mol. The van der Waals surface area contributed by atoms with Crippen LogP contribution in [0, 0.1) is 0 Å². The molecular weight excluding hydrogens is 322 g/mol. The number of esters is 1. The maximum Gasteiger partial charge on any atom is 0.307 e. The van der Waals surface area contributed by atoms with Crippen molar-refractivity contribution in [2.75, 3.05) is 0 Å². The molecule has 0 spiro atoms. The third-order valence-corrected chi connectivity index (χ3v) is 3.40. The Hall–Kier alpha value is -2.70. The van der Waals surface area contributed by atoms with Crippen molar-refractivity contribution in [1.29, 1.82) is 0 Å². The molecule has 2 N–H and O–H groups in total. The van der Waals surface area contributed by atoms with Crippen LogP contribution in [0.25, 0.3) is 10.9 Å². The summed E-state index contributed by atoms with van der Waals surface area (Å²) in [7, 11) is 0. The van der Waals surface area contributed by atoms with E-state index in [-0.39, 0.29) is 24.3 Å². The van der Waals surface area contributed by atoms with Gasteiger partial charge in [0.15, 0.2) is 6.10 Å². The fourth-order valence-corrected chi connectivity index (χ4v) is 2.25. The van der Waals surface area contributed by atoms with Crippen molar-refractivity contribution in [2.45, 2.75) is 52.2 Å². The fraction of sp³-hybridized carbons (Fsp3) is 0.444. The Kier molecular flexibility index (Phi) is 5.56. The Bertz CT molecular complexity index is 836. The van der Waals surface area contributed by atoms with E-state index >= 15 is 0 Å². The van der Waals surface area contributed by atoms with E-state index in [2.05, 4.69) is 15.3 Å². The molecule has 0 radical (unpaired) electrons. The molecule has 1 heterocycles. The molecule has 0 bridgehead atoms. The van der Waals surface area contributed by atoms with Gasteiger partial charge in [-0.2, -0.15) is 0 Å². The summed E-state index contributed by atoms with van der Waals surface area (Å²) in [6.45, 7) is 7.07. The molecule has 1 amide bonds. The Morgan fingerprint density at radius 1 is 1.28 bits per heavy atom. The molecule has 1 aromatic heterocycles. The molecule has 2 aromatic rings. The zero-order valence-corrected chi connectivity index (χ0v) is 14.9. The van der Waals surface area contributed by atoms with E-state index in [1.165, 1.54) is 6.92 Å². The molecule has 7 heteroatoms. The lowest BCUT2D eigenvalue weighted by Crippen LogP contribution is -2.46. The van der Waals surface area contributed by atoms with Crippen molar-refractivity contribution < 1.29 is 14.3 Å². The SMILES string of the molecule is C[C@H](OC(=O)CCc1nc2ccccc2c(=O)[nH]1)C(=O)NC(C)(C)C. The van der Waals surface area contributed by atoms with Crippen LogP contribution >= 0.6 is 0 Å². The molecule has 2 rings (SSSR count). The number of H-pyrrole nitrogens is 1. The van der Waals surface area contributed by atoms with Crippen LogP contribution in [0.4, 0.5) is 0 Å². The van der Waals surface area contributed by atoms with E-state index in [0.29, 0.717) is 16.7 Å². The summed E-state index contributed by atoms with van der Waals surface area (Å²) in [5, 5.41) is 3.25. The van der Waals surface area contributed by atoms with Crippen molar-refractivity contribution in [3.8, 4) is 0 Å². The number of nitrogens with one attached hydrogen (secondary N) is 2. The number of aryl methyl sites for hydroxylation is 1. The molecule has 0 aliphatic heterocycles. The summed E-state index contributed by atoms with van der Waals surface area (Å²) in [4.78, 5) is 42.8. The highest BCUT2D eigenvalue weighted by atomic mass is 16.5. The lowest BCUT2D eigenvalue weighted by atomic mass is 10.1. The van der Waals surface area contributed by atoms with Crippen molar-refractivity contribution in [1.82, 2.24) is 15.3 Å². The van der Waals surface area contributed by atoms with Gasteiger partial charge in [0.05, 0.1) is 17.3 Å². The Balaban J connectivity index is 1.94. The second kappa shape index (κ2) is 7.46. The van der Waals surface area contributed by atoms with Gasteiger partial charge in [-0.1, -0.05) is 12.1 Å². The zero-order chi connectivity index (χ0) is 18.6. The van der Waals surface area contributed by atoms with E-state index in [9.17, 15) is 14.4 Å². The number of carbonyl (C=O) groups excluding carboxylic acids is 2. The molecule has 1 atom stereocenters. The van der Waals surface area contributed by atoms with Gasteiger partial charge in [0, 0.05) is 12.0 Å². The highest BCUT2D eigenvalue weighted by Crippen LogP contribution is 2.08. The van der Waals surface area contributed by atoms with Gasteiger partial charge in [0.1, 0.15) is 5.82 Å². The first-order valence-electron chi connectivity index (χ1n) is 8.15. The molecule has 0 fully saturated rings. The lowest BCUT2D eigenvalue weighted by molar-refractivity contribution is -0.155. The topological polar surface area (TPSA) is 101 Å². The minimum atomic E-state index is -0.879. The Morgan fingerprint density at radius 2 is 1.96 bits per heavy atom. The first-order chi connectivity index (χ1) is 11.7. The minimum absolute atomic E-state index is 0.0222. The number of benzene rings is 1. The average molecular weight is 345 g/mol. The number of amides is 1. The number of nitrogens with zero attached hydrogens (tertiary/aromatic N) is 1. The van der Waals surface area contributed by atoms with Crippen LogP contribution in [0.3, 0.4) is 0 Å². The summed E-state index contributed by atoms with van der Waals surface area (Å²) in [5.74, 6) is -0.460.